The number of aromatic nitrogens is 3. The molecule has 0 aliphatic rings. The Kier molecular flexibility index (Phi) is 4.30. The second-order valence-electron chi connectivity index (χ2n) is 6.90. The lowest BCUT2D eigenvalue weighted by molar-refractivity contribution is 0.484. The number of rotatable bonds is 4. The highest BCUT2D eigenvalue weighted by Crippen LogP contribution is 2.36. The number of nitrogens with zero attached hydrogens (tertiary/aromatic N) is 3. The first kappa shape index (κ1) is 17.2. The molecule has 4 nitrogen and oxygen atoms in total. The maximum atomic E-state index is 6.15. The molecule has 5 aromatic rings. The summed E-state index contributed by atoms with van der Waals surface area (Å²) in [7, 11) is 2.02. The Labute approximate surface area is 169 Å². The highest BCUT2D eigenvalue weighted by atomic mass is 16.5. The first-order valence-corrected chi connectivity index (χ1v) is 9.47. The molecule has 0 spiro atoms. The van der Waals surface area contributed by atoms with Gasteiger partial charge in [-0.25, -0.2) is 4.98 Å². The van der Waals surface area contributed by atoms with Crippen LogP contribution in [-0.2, 0) is 7.05 Å². The molecule has 5 rings (SSSR count). The van der Waals surface area contributed by atoms with E-state index in [4.69, 9.17) is 9.72 Å². The van der Waals surface area contributed by atoms with Crippen molar-refractivity contribution in [2.45, 2.75) is 0 Å². The van der Waals surface area contributed by atoms with Crippen molar-refractivity contribution in [3.63, 3.8) is 0 Å². The molecular formula is C25H19N3O. The molecule has 0 saturated carbocycles. The van der Waals surface area contributed by atoms with Crippen LogP contribution in [0.25, 0.3) is 33.3 Å². The van der Waals surface area contributed by atoms with Gasteiger partial charge >= 0.3 is 0 Å². The van der Waals surface area contributed by atoms with E-state index in [1.165, 1.54) is 0 Å². The summed E-state index contributed by atoms with van der Waals surface area (Å²) in [6, 6.07) is 24.1. The average Bonchev–Trinajstić information content (AvgIpc) is 3.11. The molecule has 0 N–H and O–H groups in total. The molecule has 2 aromatic carbocycles. The Morgan fingerprint density at radius 2 is 1.55 bits per heavy atom. The summed E-state index contributed by atoms with van der Waals surface area (Å²) in [5.74, 6) is 1.62. The van der Waals surface area contributed by atoms with Gasteiger partial charge in [0.25, 0.3) is 0 Å². The van der Waals surface area contributed by atoms with Gasteiger partial charge in [0.1, 0.15) is 17.1 Å². The Morgan fingerprint density at radius 1 is 0.793 bits per heavy atom. The predicted molar refractivity (Wildman–Crippen MR) is 116 cm³/mol. The standard InChI is InChI=1S/C25H19N3O/c1-28-17-23(18-11-13-26-14-12-18)22-15-19(16-27-25(22)28)21-9-5-6-10-24(21)29-20-7-3-2-4-8-20/h2-17H,1H3. The highest BCUT2D eigenvalue weighted by molar-refractivity contribution is 5.96. The van der Waals surface area contributed by atoms with Gasteiger partial charge in [-0.1, -0.05) is 36.4 Å². The lowest BCUT2D eigenvalue weighted by atomic mass is 10.0. The number of benzene rings is 2. The van der Waals surface area contributed by atoms with Crippen molar-refractivity contribution in [2.75, 3.05) is 0 Å². The molecule has 0 bridgehead atoms. The van der Waals surface area contributed by atoms with E-state index >= 15 is 0 Å². The molecule has 0 atom stereocenters. The van der Waals surface area contributed by atoms with Gasteiger partial charge in [-0.05, 0) is 42.0 Å². The van der Waals surface area contributed by atoms with E-state index in [9.17, 15) is 0 Å². The van der Waals surface area contributed by atoms with Gasteiger partial charge in [0, 0.05) is 53.9 Å². The predicted octanol–water partition coefficient (Wildman–Crippen LogP) is 6.09. The van der Waals surface area contributed by atoms with E-state index in [2.05, 4.69) is 27.9 Å². The van der Waals surface area contributed by atoms with Crippen molar-refractivity contribution in [2.24, 2.45) is 7.05 Å². The van der Waals surface area contributed by atoms with Crippen LogP contribution in [-0.4, -0.2) is 14.5 Å². The molecule has 0 aliphatic heterocycles. The molecule has 0 aliphatic carbocycles. The lowest BCUT2D eigenvalue weighted by Gasteiger charge is -2.11. The van der Waals surface area contributed by atoms with E-state index in [-0.39, 0.29) is 0 Å². The van der Waals surface area contributed by atoms with Crippen LogP contribution < -0.4 is 4.74 Å². The summed E-state index contributed by atoms with van der Waals surface area (Å²) >= 11 is 0. The second-order valence-corrected chi connectivity index (χ2v) is 6.90. The van der Waals surface area contributed by atoms with E-state index in [0.717, 1.165) is 44.8 Å². The minimum atomic E-state index is 0.807. The van der Waals surface area contributed by atoms with E-state index < -0.39 is 0 Å². The molecule has 0 amide bonds. The Morgan fingerprint density at radius 3 is 2.38 bits per heavy atom. The number of fused-ring (bicyclic) bond motifs is 1. The Balaban J connectivity index is 1.63. The van der Waals surface area contributed by atoms with Crippen molar-refractivity contribution in [1.29, 1.82) is 0 Å². The molecule has 3 aromatic heterocycles. The third-order valence-corrected chi connectivity index (χ3v) is 4.97. The van der Waals surface area contributed by atoms with Crippen LogP contribution in [0.1, 0.15) is 0 Å². The van der Waals surface area contributed by atoms with Gasteiger partial charge in [-0.3, -0.25) is 4.98 Å². The zero-order valence-corrected chi connectivity index (χ0v) is 16.0. The maximum Gasteiger partial charge on any atom is 0.140 e. The van der Waals surface area contributed by atoms with Crippen LogP contribution in [0.4, 0.5) is 0 Å². The number of para-hydroxylation sites is 2. The Hall–Kier alpha value is -3.92. The monoisotopic (exact) mass is 377 g/mol. The van der Waals surface area contributed by atoms with Crippen LogP contribution in [0.5, 0.6) is 11.5 Å². The number of ether oxygens (including phenoxy) is 1. The molecule has 3 heterocycles. The summed E-state index contributed by atoms with van der Waals surface area (Å²) in [6.07, 6.45) is 7.65. The van der Waals surface area contributed by atoms with Gasteiger partial charge < -0.3 is 9.30 Å². The van der Waals surface area contributed by atoms with Crippen LogP contribution in [0.3, 0.4) is 0 Å². The van der Waals surface area contributed by atoms with Crippen molar-refractivity contribution in [3.05, 3.63) is 97.6 Å². The summed E-state index contributed by atoms with van der Waals surface area (Å²) in [5.41, 5.74) is 5.24. The number of aryl methyl sites for hydroxylation is 1. The number of hydrogen-bond acceptors (Lipinski definition) is 3. The zero-order chi connectivity index (χ0) is 19.6. The van der Waals surface area contributed by atoms with Crippen LogP contribution in [0.15, 0.2) is 97.6 Å². The zero-order valence-electron chi connectivity index (χ0n) is 16.0. The fraction of sp³-hybridized carbons (Fsp3) is 0.0400. The molecule has 0 radical (unpaired) electrons. The quantitative estimate of drug-likeness (QED) is 0.380. The second kappa shape index (κ2) is 7.24. The smallest absolute Gasteiger partial charge is 0.140 e. The number of hydrogen-bond donors (Lipinski definition) is 0. The summed E-state index contributed by atoms with van der Waals surface area (Å²) in [6.45, 7) is 0. The topological polar surface area (TPSA) is 39.9 Å². The Bertz CT molecular complexity index is 1280. The molecule has 0 saturated heterocycles. The van der Waals surface area contributed by atoms with Gasteiger partial charge in [-0.15, -0.1) is 0 Å². The SMILES string of the molecule is Cn1cc(-c2ccncc2)c2cc(-c3ccccc3Oc3ccccc3)cnc21. The molecule has 0 unspecified atom stereocenters. The normalized spacial score (nSPS) is 10.9. The third-order valence-electron chi connectivity index (χ3n) is 4.97. The molecule has 29 heavy (non-hydrogen) atoms. The summed E-state index contributed by atoms with van der Waals surface area (Å²) < 4.78 is 8.21. The molecular weight excluding hydrogens is 358 g/mol. The van der Waals surface area contributed by atoms with Gasteiger partial charge in [-0.2, -0.15) is 0 Å². The largest absolute Gasteiger partial charge is 0.457 e. The van der Waals surface area contributed by atoms with Crippen LogP contribution in [0, 0.1) is 0 Å². The minimum absolute atomic E-state index is 0.807. The summed E-state index contributed by atoms with van der Waals surface area (Å²) in [5, 5.41) is 1.10. The van der Waals surface area contributed by atoms with E-state index in [0.29, 0.717) is 0 Å². The molecule has 140 valence electrons. The van der Waals surface area contributed by atoms with Crippen molar-refractivity contribution in [3.8, 4) is 33.8 Å². The van der Waals surface area contributed by atoms with Crippen molar-refractivity contribution < 1.29 is 4.74 Å². The lowest BCUT2D eigenvalue weighted by Crippen LogP contribution is -1.91. The van der Waals surface area contributed by atoms with Crippen LogP contribution >= 0.6 is 0 Å². The average molecular weight is 377 g/mol. The van der Waals surface area contributed by atoms with Crippen LogP contribution in [0.2, 0.25) is 0 Å². The van der Waals surface area contributed by atoms with Gasteiger partial charge in [0.05, 0.1) is 0 Å². The maximum absolute atomic E-state index is 6.15. The number of pyridine rings is 2. The van der Waals surface area contributed by atoms with E-state index in [1.54, 1.807) is 0 Å². The fourth-order valence-corrected chi connectivity index (χ4v) is 3.58. The van der Waals surface area contributed by atoms with Gasteiger partial charge in [0.2, 0.25) is 0 Å². The third kappa shape index (κ3) is 3.25. The first-order valence-electron chi connectivity index (χ1n) is 9.47. The fourth-order valence-electron chi connectivity index (χ4n) is 3.58. The van der Waals surface area contributed by atoms with Crippen molar-refractivity contribution in [1.82, 2.24) is 14.5 Å². The first-order chi connectivity index (χ1) is 14.3. The molecule has 4 heteroatoms. The summed E-state index contributed by atoms with van der Waals surface area (Å²) in [4.78, 5) is 8.88. The van der Waals surface area contributed by atoms with Gasteiger partial charge in [0.15, 0.2) is 0 Å². The molecule has 0 fully saturated rings. The highest BCUT2D eigenvalue weighted by Gasteiger charge is 2.13. The van der Waals surface area contributed by atoms with Crippen molar-refractivity contribution >= 4 is 11.0 Å². The minimum Gasteiger partial charge on any atom is -0.457 e. The van der Waals surface area contributed by atoms with E-state index in [1.807, 2.05) is 86.3 Å².